The molecule has 1 aliphatic heterocycles. The summed E-state index contributed by atoms with van der Waals surface area (Å²) in [4.78, 5) is 3.29. The molecule has 0 atom stereocenters. The molecule has 1 aromatic carbocycles. The second-order valence-electron chi connectivity index (χ2n) is 3.39. The average Bonchev–Trinajstić information content (AvgIpc) is 2.86. The molecule has 0 saturated carbocycles. The van der Waals surface area contributed by atoms with Gasteiger partial charge < -0.3 is 14.3 Å². The van der Waals surface area contributed by atoms with Crippen molar-refractivity contribution in [3.05, 3.63) is 30.3 Å². The first-order valence-corrected chi connectivity index (χ1v) is 4.74. The van der Waals surface area contributed by atoms with Crippen molar-refractivity contribution in [2.75, 3.05) is 13.2 Å². The first-order chi connectivity index (χ1) is 6.93. The molecule has 1 aromatic heterocycles. The molecule has 2 aromatic rings. The molecule has 0 amide bonds. The fourth-order valence-electron chi connectivity index (χ4n) is 1.76. The summed E-state index contributed by atoms with van der Waals surface area (Å²) in [6.45, 7) is 1.36. The minimum atomic E-state index is -0.206. The van der Waals surface area contributed by atoms with Crippen LogP contribution in [0.1, 0.15) is 0 Å². The van der Waals surface area contributed by atoms with E-state index in [1.807, 2.05) is 18.2 Å². The summed E-state index contributed by atoms with van der Waals surface area (Å²) >= 11 is 0. The molecule has 1 fully saturated rings. The van der Waals surface area contributed by atoms with Crippen LogP contribution >= 0.6 is 0 Å². The number of H-pyrrole nitrogens is 1. The highest BCUT2D eigenvalue weighted by Gasteiger charge is 2.27. The lowest BCUT2D eigenvalue weighted by atomic mass is 9.85. The summed E-state index contributed by atoms with van der Waals surface area (Å²) in [6.07, 6.45) is 0. The van der Waals surface area contributed by atoms with Gasteiger partial charge in [0, 0.05) is 11.1 Å². The van der Waals surface area contributed by atoms with Gasteiger partial charge in [-0.3, -0.25) is 0 Å². The molecule has 0 unspecified atom stereocenters. The van der Waals surface area contributed by atoms with E-state index >= 15 is 0 Å². The third-order valence-electron chi connectivity index (χ3n) is 2.43. The van der Waals surface area contributed by atoms with Crippen LogP contribution in [-0.2, 0) is 9.31 Å². The highest BCUT2D eigenvalue weighted by molar-refractivity contribution is 6.61. The lowest BCUT2D eigenvalue weighted by Crippen LogP contribution is -2.32. The van der Waals surface area contributed by atoms with Gasteiger partial charge in [0.25, 0.3) is 0 Å². The maximum Gasteiger partial charge on any atom is 0.511 e. The van der Waals surface area contributed by atoms with Crippen molar-refractivity contribution in [3.63, 3.8) is 0 Å². The monoisotopic (exact) mass is 187 g/mol. The Labute approximate surface area is 82.2 Å². The first-order valence-electron chi connectivity index (χ1n) is 4.74. The van der Waals surface area contributed by atoms with Crippen molar-refractivity contribution in [1.82, 2.24) is 4.98 Å². The van der Waals surface area contributed by atoms with E-state index in [1.165, 1.54) is 5.39 Å². The Hall–Kier alpha value is -1.26. The van der Waals surface area contributed by atoms with Crippen molar-refractivity contribution in [1.29, 1.82) is 0 Å². The molecular weight excluding hydrogens is 177 g/mol. The molecule has 1 N–H and O–H groups in total. The molecular formula is C10H10BNO2. The zero-order valence-corrected chi connectivity index (χ0v) is 7.69. The van der Waals surface area contributed by atoms with Crippen molar-refractivity contribution >= 4 is 23.6 Å². The lowest BCUT2D eigenvalue weighted by Gasteiger charge is -1.98. The van der Waals surface area contributed by atoms with Crippen molar-refractivity contribution < 1.29 is 9.31 Å². The van der Waals surface area contributed by atoms with E-state index in [-0.39, 0.29) is 7.12 Å². The number of aromatic amines is 1. The second-order valence-corrected chi connectivity index (χ2v) is 3.39. The van der Waals surface area contributed by atoms with Gasteiger partial charge in [0.15, 0.2) is 0 Å². The van der Waals surface area contributed by atoms with Crippen LogP contribution in [0.3, 0.4) is 0 Å². The number of hydrogen-bond donors (Lipinski definition) is 1. The third-order valence-corrected chi connectivity index (χ3v) is 2.43. The normalized spacial score (nSPS) is 16.7. The van der Waals surface area contributed by atoms with Gasteiger partial charge in [-0.25, -0.2) is 0 Å². The second kappa shape index (κ2) is 3.15. The quantitative estimate of drug-likeness (QED) is 0.673. The molecule has 0 spiro atoms. The number of hydrogen-bond acceptors (Lipinski definition) is 2. The van der Waals surface area contributed by atoms with E-state index in [1.54, 1.807) is 0 Å². The Kier molecular flexibility index (Phi) is 1.82. The standard InChI is InChI=1S/C10H10BNO2/c1-2-4-9-8(3-1)7-10(12-9)11-13-5-6-14-11/h1-4,7,12H,5-6H2. The molecule has 14 heavy (non-hydrogen) atoms. The Morgan fingerprint density at radius 2 is 1.93 bits per heavy atom. The summed E-state index contributed by atoms with van der Waals surface area (Å²) in [5, 5.41) is 1.20. The van der Waals surface area contributed by atoms with Gasteiger partial charge in [-0.1, -0.05) is 18.2 Å². The van der Waals surface area contributed by atoms with E-state index in [0.29, 0.717) is 13.2 Å². The summed E-state index contributed by atoms with van der Waals surface area (Å²) in [6, 6.07) is 10.2. The van der Waals surface area contributed by atoms with Crippen LogP contribution in [0.5, 0.6) is 0 Å². The van der Waals surface area contributed by atoms with Gasteiger partial charge >= 0.3 is 7.12 Å². The van der Waals surface area contributed by atoms with Crippen LogP contribution in [0.25, 0.3) is 10.9 Å². The van der Waals surface area contributed by atoms with E-state index in [0.717, 1.165) is 11.1 Å². The zero-order valence-electron chi connectivity index (χ0n) is 7.69. The Bertz CT molecular complexity index is 415. The van der Waals surface area contributed by atoms with Crippen molar-refractivity contribution in [3.8, 4) is 0 Å². The molecule has 4 heteroatoms. The predicted octanol–water partition coefficient (Wildman–Crippen LogP) is 0.910. The van der Waals surface area contributed by atoms with Gasteiger partial charge in [0.05, 0.1) is 13.2 Å². The molecule has 1 aliphatic rings. The number of aromatic nitrogens is 1. The number of fused-ring (bicyclic) bond motifs is 1. The SMILES string of the molecule is c1ccc2[nH]c(B3OCCO3)cc2c1. The molecule has 0 aliphatic carbocycles. The number of para-hydroxylation sites is 1. The highest BCUT2D eigenvalue weighted by atomic mass is 16.6. The average molecular weight is 187 g/mol. The smallest absolute Gasteiger partial charge is 0.404 e. The van der Waals surface area contributed by atoms with E-state index in [2.05, 4.69) is 17.1 Å². The molecule has 0 radical (unpaired) electrons. The Balaban J connectivity index is 2.05. The van der Waals surface area contributed by atoms with Crippen LogP contribution in [0.4, 0.5) is 0 Å². The number of rotatable bonds is 1. The Morgan fingerprint density at radius 1 is 1.14 bits per heavy atom. The molecule has 1 saturated heterocycles. The van der Waals surface area contributed by atoms with E-state index in [9.17, 15) is 0 Å². The lowest BCUT2D eigenvalue weighted by molar-refractivity contribution is 0.365. The summed E-state index contributed by atoms with van der Waals surface area (Å²) in [7, 11) is -0.206. The summed E-state index contributed by atoms with van der Waals surface area (Å²) in [5.41, 5.74) is 2.13. The summed E-state index contributed by atoms with van der Waals surface area (Å²) in [5.74, 6) is 0. The first kappa shape index (κ1) is 8.09. The van der Waals surface area contributed by atoms with Crippen LogP contribution in [0.2, 0.25) is 0 Å². The van der Waals surface area contributed by atoms with Gasteiger partial charge in [0.1, 0.15) is 0 Å². The molecule has 2 heterocycles. The minimum Gasteiger partial charge on any atom is -0.404 e. The fourth-order valence-corrected chi connectivity index (χ4v) is 1.76. The number of nitrogens with one attached hydrogen (secondary N) is 1. The summed E-state index contributed by atoms with van der Waals surface area (Å²) < 4.78 is 10.8. The van der Waals surface area contributed by atoms with Gasteiger partial charge in [0.2, 0.25) is 0 Å². The highest BCUT2D eigenvalue weighted by Crippen LogP contribution is 2.11. The van der Waals surface area contributed by atoms with Gasteiger partial charge in [-0.15, -0.1) is 0 Å². The van der Waals surface area contributed by atoms with Gasteiger partial charge in [-0.05, 0) is 17.5 Å². The maximum atomic E-state index is 5.42. The van der Waals surface area contributed by atoms with Crippen molar-refractivity contribution in [2.45, 2.75) is 0 Å². The molecule has 70 valence electrons. The maximum absolute atomic E-state index is 5.42. The van der Waals surface area contributed by atoms with E-state index < -0.39 is 0 Å². The zero-order chi connectivity index (χ0) is 9.38. The van der Waals surface area contributed by atoms with Gasteiger partial charge in [-0.2, -0.15) is 0 Å². The predicted molar refractivity (Wildman–Crippen MR) is 55.6 cm³/mol. The topological polar surface area (TPSA) is 34.2 Å². The number of benzene rings is 1. The van der Waals surface area contributed by atoms with Crippen LogP contribution in [-0.4, -0.2) is 25.3 Å². The van der Waals surface area contributed by atoms with E-state index in [4.69, 9.17) is 9.31 Å². The Morgan fingerprint density at radius 3 is 2.71 bits per heavy atom. The molecule has 3 nitrogen and oxygen atoms in total. The molecule has 3 rings (SSSR count). The minimum absolute atomic E-state index is 0.206. The molecule has 0 bridgehead atoms. The largest absolute Gasteiger partial charge is 0.511 e. The van der Waals surface area contributed by atoms with Crippen LogP contribution in [0, 0.1) is 0 Å². The van der Waals surface area contributed by atoms with Crippen LogP contribution < -0.4 is 5.59 Å². The fraction of sp³-hybridized carbons (Fsp3) is 0.200. The van der Waals surface area contributed by atoms with Crippen molar-refractivity contribution in [2.24, 2.45) is 0 Å². The van der Waals surface area contributed by atoms with Crippen LogP contribution in [0.15, 0.2) is 30.3 Å². The third kappa shape index (κ3) is 1.23.